The Hall–Kier alpha value is -3.21. The molecule has 8 atom stereocenters. The molecule has 1 saturated heterocycles. The molecule has 0 bridgehead atoms. The summed E-state index contributed by atoms with van der Waals surface area (Å²) >= 11 is 0. The number of nitrogens with one attached hydrogen (secondary N) is 1. The number of likely N-dealkylation sites (tertiary alicyclic amines) is 1. The molecular weight excluding hydrogens is 668 g/mol. The van der Waals surface area contributed by atoms with Gasteiger partial charge in [-0.2, -0.15) is 0 Å². The number of aliphatic hydroxyl groups is 1. The standard InChI is InChI=1S/C43H68N4O6/c1-11-29(6)42(46(9)43(52)33(27(2)3)24-38(50)41(44-8)28(4)5)39(53-10)25-40(51)47-23-15-19-36(47)34(26-48)30(7)37(49)20-14-17-32-22-21-31-16-12-13-18-35(31)45-32/h12-13,16,18,21-22,27-30,33-34,36,39,41-42,44,48H,11,14-15,17,19-20,23-26H2,1-10H3/t29-,30+,33-,34+,36-,39+,41-,42?/m0/s1. The van der Waals surface area contributed by atoms with E-state index in [1.54, 1.807) is 26.1 Å². The van der Waals surface area contributed by atoms with Gasteiger partial charge in [-0.3, -0.25) is 24.2 Å². The third kappa shape index (κ3) is 11.4. The molecule has 10 heteroatoms. The average Bonchev–Trinajstić information content (AvgIpc) is 3.62. The van der Waals surface area contributed by atoms with Gasteiger partial charge in [-0.05, 0) is 62.6 Å². The van der Waals surface area contributed by atoms with Crippen LogP contribution in [0.25, 0.3) is 10.9 Å². The number of benzene rings is 1. The molecule has 2 heterocycles. The summed E-state index contributed by atoms with van der Waals surface area (Å²) in [5.41, 5.74) is 1.89. The first-order chi connectivity index (χ1) is 25.2. The number of carbonyl (C=O) groups excluding carboxylic acids is 4. The first-order valence-electron chi connectivity index (χ1n) is 20.0. The van der Waals surface area contributed by atoms with E-state index in [9.17, 15) is 24.3 Å². The first kappa shape index (κ1) is 44.2. The maximum absolute atomic E-state index is 14.2. The van der Waals surface area contributed by atoms with E-state index in [0.717, 1.165) is 29.4 Å². The molecule has 1 fully saturated rings. The second kappa shape index (κ2) is 21.0. The quantitative estimate of drug-likeness (QED) is 0.148. The van der Waals surface area contributed by atoms with Crippen molar-refractivity contribution in [2.24, 2.45) is 35.5 Å². The van der Waals surface area contributed by atoms with Crippen LogP contribution in [0.2, 0.25) is 0 Å². The molecule has 1 aromatic heterocycles. The van der Waals surface area contributed by atoms with Crippen LogP contribution in [0.4, 0.5) is 0 Å². The molecule has 10 nitrogen and oxygen atoms in total. The van der Waals surface area contributed by atoms with Crippen LogP contribution < -0.4 is 5.32 Å². The normalized spacial score (nSPS) is 18.8. The van der Waals surface area contributed by atoms with E-state index in [1.165, 1.54) is 0 Å². The zero-order chi connectivity index (χ0) is 39.4. The lowest BCUT2D eigenvalue weighted by molar-refractivity contribution is -0.148. The molecule has 3 rings (SSSR count). The number of hydrogen-bond donors (Lipinski definition) is 2. The zero-order valence-corrected chi connectivity index (χ0v) is 34.1. The van der Waals surface area contributed by atoms with Gasteiger partial charge in [0.2, 0.25) is 11.8 Å². The predicted octanol–water partition coefficient (Wildman–Crippen LogP) is 6.12. The second-order valence-electron chi connectivity index (χ2n) is 16.1. The number of carbonyl (C=O) groups is 4. The Kier molecular flexibility index (Phi) is 17.5. The fourth-order valence-electron chi connectivity index (χ4n) is 8.42. The molecule has 296 valence electrons. The molecule has 53 heavy (non-hydrogen) atoms. The van der Waals surface area contributed by atoms with Gasteiger partial charge in [-0.25, -0.2) is 0 Å². The number of pyridine rings is 1. The van der Waals surface area contributed by atoms with Gasteiger partial charge in [0.05, 0.1) is 30.1 Å². The number of ketones is 2. The van der Waals surface area contributed by atoms with Crippen molar-refractivity contribution in [1.82, 2.24) is 20.1 Å². The molecule has 1 unspecified atom stereocenters. The molecule has 0 saturated carbocycles. The summed E-state index contributed by atoms with van der Waals surface area (Å²) in [6, 6.07) is 11.1. The highest BCUT2D eigenvalue weighted by molar-refractivity contribution is 5.90. The van der Waals surface area contributed by atoms with E-state index in [1.807, 2.05) is 69.9 Å². The van der Waals surface area contributed by atoms with E-state index in [2.05, 4.69) is 25.2 Å². The molecule has 0 spiro atoms. The van der Waals surface area contributed by atoms with E-state index in [4.69, 9.17) is 9.72 Å². The van der Waals surface area contributed by atoms with E-state index in [0.29, 0.717) is 32.2 Å². The molecule has 0 aliphatic carbocycles. The second-order valence-corrected chi connectivity index (χ2v) is 16.1. The maximum Gasteiger partial charge on any atom is 0.226 e. The minimum atomic E-state index is -0.577. The highest BCUT2D eigenvalue weighted by atomic mass is 16.5. The maximum atomic E-state index is 14.2. The van der Waals surface area contributed by atoms with Crippen LogP contribution in [0.15, 0.2) is 36.4 Å². The van der Waals surface area contributed by atoms with Crippen molar-refractivity contribution in [3.8, 4) is 0 Å². The largest absolute Gasteiger partial charge is 0.396 e. The molecule has 2 aromatic rings. The van der Waals surface area contributed by atoms with Crippen LogP contribution in [-0.2, 0) is 30.3 Å². The smallest absolute Gasteiger partial charge is 0.226 e. The highest BCUT2D eigenvalue weighted by Crippen LogP contribution is 2.33. The molecule has 1 aliphatic rings. The number of rotatable bonds is 22. The fraction of sp³-hybridized carbons (Fsp3) is 0.698. The van der Waals surface area contributed by atoms with Gasteiger partial charge in [-0.15, -0.1) is 0 Å². The molecule has 1 aliphatic heterocycles. The van der Waals surface area contributed by atoms with Gasteiger partial charge >= 0.3 is 0 Å². The Bertz CT molecular complexity index is 1500. The van der Waals surface area contributed by atoms with Gasteiger partial charge in [0.15, 0.2) is 5.78 Å². The molecule has 2 N–H and O–H groups in total. The zero-order valence-electron chi connectivity index (χ0n) is 34.1. The number of ether oxygens (including phenoxy) is 1. The molecule has 0 radical (unpaired) electrons. The van der Waals surface area contributed by atoms with Crippen molar-refractivity contribution in [1.29, 1.82) is 0 Å². The first-order valence-corrected chi connectivity index (χ1v) is 20.0. The van der Waals surface area contributed by atoms with Crippen molar-refractivity contribution in [2.45, 2.75) is 124 Å². The summed E-state index contributed by atoms with van der Waals surface area (Å²) in [5.74, 6) is -1.33. The van der Waals surface area contributed by atoms with Gasteiger partial charge in [0.1, 0.15) is 5.78 Å². The lowest BCUT2D eigenvalue weighted by Gasteiger charge is -2.41. The van der Waals surface area contributed by atoms with Crippen molar-refractivity contribution >= 4 is 34.3 Å². The van der Waals surface area contributed by atoms with Crippen LogP contribution in [0, 0.1) is 35.5 Å². The van der Waals surface area contributed by atoms with Crippen LogP contribution >= 0.6 is 0 Å². The number of fused-ring (bicyclic) bond motifs is 1. The molecule has 2 amide bonds. The Morgan fingerprint density at radius 1 is 1.00 bits per heavy atom. The number of aryl methyl sites for hydroxylation is 1. The number of likely N-dealkylation sites (N-methyl/N-ethyl adjacent to an activating group) is 2. The summed E-state index contributed by atoms with van der Waals surface area (Å²) in [5, 5.41) is 14.8. The van der Waals surface area contributed by atoms with Crippen molar-refractivity contribution in [2.75, 3.05) is 34.4 Å². The van der Waals surface area contributed by atoms with Crippen LogP contribution in [0.1, 0.15) is 99.1 Å². The van der Waals surface area contributed by atoms with Crippen LogP contribution in [0.5, 0.6) is 0 Å². The van der Waals surface area contributed by atoms with Gasteiger partial charge < -0.3 is 25.0 Å². The van der Waals surface area contributed by atoms with Crippen LogP contribution in [-0.4, -0.2) is 102 Å². The predicted molar refractivity (Wildman–Crippen MR) is 211 cm³/mol. The number of methoxy groups -OCH3 is 1. The van der Waals surface area contributed by atoms with Gasteiger partial charge in [0, 0.05) is 75.0 Å². The summed E-state index contributed by atoms with van der Waals surface area (Å²) < 4.78 is 6.03. The SMILES string of the molecule is CC[C@H](C)C([C@@H](CC(=O)N1CCC[C@H]1[C@H](CO)[C@@H](C)C(=O)CCCc1ccc2ccccc2n1)OC)N(C)C(=O)[C@@H](CC(=O)[C@@H](NC)C(C)C)C(C)C. The topological polar surface area (TPSA) is 129 Å². The van der Waals surface area contributed by atoms with E-state index >= 15 is 0 Å². The lowest BCUT2D eigenvalue weighted by atomic mass is 9.82. The third-order valence-corrected chi connectivity index (χ3v) is 11.9. The van der Waals surface area contributed by atoms with Crippen molar-refractivity contribution in [3.63, 3.8) is 0 Å². The number of hydrogen-bond acceptors (Lipinski definition) is 8. The summed E-state index contributed by atoms with van der Waals surface area (Å²) in [7, 11) is 5.14. The number of Topliss-reactive ketones (excluding diaryl/α,β-unsaturated/α-hetero) is 2. The summed E-state index contributed by atoms with van der Waals surface area (Å²) in [4.78, 5) is 63.4. The number of aromatic nitrogens is 1. The minimum Gasteiger partial charge on any atom is -0.396 e. The van der Waals surface area contributed by atoms with E-state index in [-0.39, 0.29) is 78.6 Å². The Morgan fingerprint density at radius 2 is 1.70 bits per heavy atom. The monoisotopic (exact) mass is 737 g/mol. The lowest BCUT2D eigenvalue weighted by Crippen LogP contribution is -2.54. The van der Waals surface area contributed by atoms with Crippen LogP contribution in [0.3, 0.4) is 0 Å². The third-order valence-electron chi connectivity index (χ3n) is 11.9. The average molecular weight is 737 g/mol. The summed E-state index contributed by atoms with van der Waals surface area (Å²) in [6.45, 7) is 14.3. The number of para-hydroxylation sites is 1. The minimum absolute atomic E-state index is 0.0213. The molecular formula is C43H68N4O6. The summed E-state index contributed by atoms with van der Waals surface area (Å²) in [6.07, 6.45) is 3.65. The fourth-order valence-corrected chi connectivity index (χ4v) is 8.42. The Balaban J connectivity index is 1.70. The van der Waals surface area contributed by atoms with Crippen molar-refractivity contribution < 1.29 is 29.0 Å². The van der Waals surface area contributed by atoms with Gasteiger partial charge in [0.25, 0.3) is 0 Å². The van der Waals surface area contributed by atoms with E-state index < -0.39 is 24.0 Å². The number of nitrogens with zero attached hydrogens (tertiary/aromatic N) is 3. The number of amides is 2. The number of aliphatic hydroxyl groups excluding tert-OH is 1. The van der Waals surface area contributed by atoms with Gasteiger partial charge in [-0.1, -0.05) is 79.2 Å². The van der Waals surface area contributed by atoms with Crippen molar-refractivity contribution in [3.05, 3.63) is 42.1 Å². The Labute approximate surface area is 318 Å². The Morgan fingerprint density at radius 3 is 2.30 bits per heavy atom. The highest BCUT2D eigenvalue weighted by Gasteiger charge is 2.42. The molecule has 1 aromatic carbocycles.